The number of thiophene rings is 2. The number of aliphatic hydroxyl groups excluding tert-OH is 1. The van der Waals surface area contributed by atoms with Crippen LogP contribution in [0.4, 0.5) is 10.6 Å². The number of ether oxygens (including phenoxy) is 1. The highest BCUT2D eigenvalue weighted by molar-refractivity contribution is 7.31. The maximum atomic E-state index is 12.7. The molecule has 5 rings (SSSR count). The van der Waals surface area contributed by atoms with Gasteiger partial charge in [-0.05, 0) is 36.2 Å². The van der Waals surface area contributed by atoms with Crippen LogP contribution < -0.4 is 5.32 Å². The van der Waals surface area contributed by atoms with Crippen LogP contribution in [0.15, 0.2) is 66.9 Å². The highest BCUT2D eigenvalue weighted by atomic mass is 35.5. The first-order valence-corrected chi connectivity index (χ1v) is 13.5. The molecule has 5 aromatic rings. The van der Waals surface area contributed by atoms with Crippen LogP contribution in [0.1, 0.15) is 24.2 Å². The molecule has 0 bridgehead atoms. The molecule has 2 aromatic carbocycles. The number of anilines is 1. The van der Waals surface area contributed by atoms with Gasteiger partial charge in [0, 0.05) is 43.2 Å². The minimum absolute atomic E-state index is 0.128. The van der Waals surface area contributed by atoms with Gasteiger partial charge in [0.05, 0.1) is 11.8 Å². The number of aryl methyl sites for hydroxylation is 1. The molecule has 0 aliphatic carbocycles. The van der Waals surface area contributed by atoms with E-state index in [1.54, 1.807) is 46.7 Å². The fourth-order valence-electron chi connectivity index (χ4n) is 4.04. The van der Waals surface area contributed by atoms with Gasteiger partial charge in [-0.3, -0.25) is 10.00 Å². The second kappa shape index (κ2) is 10.6. The lowest BCUT2D eigenvalue weighted by Crippen LogP contribution is -2.18. The number of halogens is 1. The molecule has 37 heavy (non-hydrogen) atoms. The van der Waals surface area contributed by atoms with E-state index in [0.29, 0.717) is 10.8 Å². The Kier molecular flexibility index (Phi) is 7.32. The molecule has 0 radical (unpaired) electrons. The number of aliphatic hydroxyl groups is 2. The molecule has 190 valence electrons. The predicted octanol–water partition coefficient (Wildman–Crippen LogP) is 6.85. The van der Waals surface area contributed by atoms with Crippen molar-refractivity contribution in [1.29, 1.82) is 0 Å². The average Bonchev–Trinajstić information content (AvgIpc) is 3.53. The first-order valence-electron chi connectivity index (χ1n) is 11.5. The van der Waals surface area contributed by atoms with E-state index in [9.17, 15) is 15.0 Å². The Morgan fingerprint density at radius 1 is 1.05 bits per heavy atom. The average molecular weight is 554 g/mol. The zero-order valence-electron chi connectivity index (χ0n) is 20.0. The summed E-state index contributed by atoms with van der Waals surface area (Å²) in [5.41, 5.74) is 3.38. The Labute approximate surface area is 226 Å². The molecular formula is C27H24ClN3O4S2. The molecule has 10 heteroatoms. The molecule has 1 amide bonds. The lowest BCUT2D eigenvalue weighted by molar-refractivity contribution is -0.0381. The molecule has 0 fully saturated rings. The second-order valence-corrected chi connectivity index (χ2v) is 11.1. The van der Waals surface area contributed by atoms with Gasteiger partial charge >= 0.3 is 6.09 Å². The Morgan fingerprint density at radius 3 is 2.38 bits per heavy atom. The summed E-state index contributed by atoms with van der Waals surface area (Å²) in [4.78, 5) is 14.7. The standard InChI is InChI=1S/C27H24ClN3O4S2/c1-15(17-6-4-3-5-7-17)35-27(34)30-26-19(14-29-31(26)2)22-13-24-23(37-22)12-21(36-24)18-9-8-16(10-20(18)28)11-25(32)33/h3-10,12-15,25,32-33H,11H2,1-2H3,(H,30,34)/t15-/m1/s1. The number of rotatable bonds is 7. The third-order valence-corrected chi connectivity index (χ3v) is 8.57. The number of hydrogen-bond acceptors (Lipinski definition) is 7. The van der Waals surface area contributed by atoms with Gasteiger partial charge in [-0.15, -0.1) is 22.7 Å². The van der Waals surface area contributed by atoms with E-state index in [2.05, 4.69) is 22.5 Å². The minimum Gasteiger partial charge on any atom is -0.441 e. The van der Waals surface area contributed by atoms with E-state index in [0.717, 1.165) is 41.4 Å². The molecule has 0 aliphatic rings. The minimum atomic E-state index is -1.41. The normalized spacial score (nSPS) is 12.3. The van der Waals surface area contributed by atoms with Gasteiger partial charge in [0.15, 0.2) is 6.29 Å². The molecule has 0 saturated heterocycles. The van der Waals surface area contributed by atoms with Crippen LogP contribution in [-0.4, -0.2) is 32.4 Å². The Balaban J connectivity index is 1.35. The number of benzene rings is 2. The molecule has 0 spiro atoms. The zero-order chi connectivity index (χ0) is 26.1. The molecule has 0 aliphatic heterocycles. The molecule has 0 unspecified atom stereocenters. The summed E-state index contributed by atoms with van der Waals surface area (Å²) in [6.07, 6.45) is -0.485. The third kappa shape index (κ3) is 5.56. The van der Waals surface area contributed by atoms with Gasteiger partial charge in [-0.1, -0.05) is 54.1 Å². The van der Waals surface area contributed by atoms with Crippen LogP contribution in [0.25, 0.3) is 30.3 Å². The van der Waals surface area contributed by atoms with Crippen LogP contribution in [0.3, 0.4) is 0 Å². The monoisotopic (exact) mass is 553 g/mol. The molecular weight excluding hydrogens is 530 g/mol. The summed E-state index contributed by atoms with van der Waals surface area (Å²) in [6.45, 7) is 1.83. The second-order valence-electron chi connectivity index (χ2n) is 8.56. The van der Waals surface area contributed by atoms with Crippen molar-refractivity contribution >= 4 is 55.6 Å². The van der Waals surface area contributed by atoms with Crippen molar-refractivity contribution in [3.05, 3.63) is 83.0 Å². The highest BCUT2D eigenvalue weighted by Crippen LogP contribution is 2.44. The Morgan fingerprint density at radius 2 is 1.73 bits per heavy atom. The van der Waals surface area contributed by atoms with Crippen molar-refractivity contribution in [2.75, 3.05) is 5.32 Å². The van der Waals surface area contributed by atoms with Crippen LogP contribution in [0.2, 0.25) is 5.02 Å². The van der Waals surface area contributed by atoms with E-state index in [4.69, 9.17) is 16.3 Å². The van der Waals surface area contributed by atoms with Gasteiger partial charge in [-0.25, -0.2) is 4.79 Å². The van der Waals surface area contributed by atoms with Gasteiger partial charge < -0.3 is 14.9 Å². The topological polar surface area (TPSA) is 96.6 Å². The van der Waals surface area contributed by atoms with E-state index < -0.39 is 18.5 Å². The summed E-state index contributed by atoms with van der Waals surface area (Å²) < 4.78 is 9.38. The predicted molar refractivity (Wildman–Crippen MR) is 149 cm³/mol. The highest BCUT2D eigenvalue weighted by Gasteiger charge is 2.20. The summed E-state index contributed by atoms with van der Waals surface area (Å²) in [5, 5.41) is 26.2. The largest absolute Gasteiger partial charge is 0.441 e. The number of carbonyl (C=O) groups is 1. The van der Waals surface area contributed by atoms with Crippen molar-refractivity contribution in [2.24, 2.45) is 7.05 Å². The zero-order valence-corrected chi connectivity index (χ0v) is 22.4. The number of aromatic nitrogens is 2. The van der Waals surface area contributed by atoms with Crippen LogP contribution in [0, 0.1) is 0 Å². The van der Waals surface area contributed by atoms with Gasteiger partial charge in [0.1, 0.15) is 11.9 Å². The lowest BCUT2D eigenvalue weighted by Gasteiger charge is -2.14. The van der Waals surface area contributed by atoms with E-state index >= 15 is 0 Å². The molecule has 3 aromatic heterocycles. The number of hydrogen-bond donors (Lipinski definition) is 3. The summed E-state index contributed by atoms with van der Waals surface area (Å²) in [6, 6.07) is 19.3. The maximum Gasteiger partial charge on any atom is 0.413 e. The van der Waals surface area contributed by atoms with Crippen LogP contribution in [-0.2, 0) is 18.2 Å². The van der Waals surface area contributed by atoms with Gasteiger partial charge in [0.2, 0.25) is 0 Å². The maximum absolute atomic E-state index is 12.7. The van der Waals surface area contributed by atoms with E-state index in [1.807, 2.05) is 49.4 Å². The van der Waals surface area contributed by atoms with Gasteiger partial charge in [0.25, 0.3) is 0 Å². The first-order chi connectivity index (χ1) is 17.8. The summed E-state index contributed by atoms with van der Waals surface area (Å²) in [5.74, 6) is 0.559. The van der Waals surface area contributed by atoms with Crippen LogP contribution >= 0.6 is 34.3 Å². The number of nitrogens with one attached hydrogen (secondary N) is 1. The van der Waals surface area contributed by atoms with Crippen molar-refractivity contribution in [2.45, 2.75) is 25.7 Å². The molecule has 3 N–H and O–H groups in total. The quantitative estimate of drug-likeness (QED) is 0.192. The Bertz CT molecular complexity index is 1530. The number of fused-ring (bicyclic) bond motifs is 1. The number of nitrogens with zero attached hydrogens (tertiary/aromatic N) is 2. The Hall–Kier alpha value is -3.21. The van der Waals surface area contributed by atoms with Crippen molar-refractivity contribution in [3.8, 4) is 20.9 Å². The lowest BCUT2D eigenvalue weighted by atomic mass is 10.1. The van der Waals surface area contributed by atoms with Crippen molar-refractivity contribution < 1.29 is 19.7 Å². The van der Waals surface area contributed by atoms with E-state index in [-0.39, 0.29) is 6.42 Å². The van der Waals surface area contributed by atoms with Crippen molar-refractivity contribution in [1.82, 2.24) is 9.78 Å². The van der Waals surface area contributed by atoms with Crippen LogP contribution in [0.5, 0.6) is 0 Å². The molecule has 0 saturated carbocycles. The van der Waals surface area contributed by atoms with Gasteiger partial charge in [-0.2, -0.15) is 5.10 Å². The molecule has 7 nitrogen and oxygen atoms in total. The van der Waals surface area contributed by atoms with E-state index in [1.165, 1.54) is 0 Å². The third-order valence-electron chi connectivity index (χ3n) is 5.90. The SMILES string of the molecule is C[C@@H](OC(=O)Nc1c(-c2cc3sc(-c4ccc(CC(O)O)cc4Cl)cc3s2)cnn1C)c1ccccc1. The smallest absolute Gasteiger partial charge is 0.413 e. The fourth-order valence-corrected chi connectivity index (χ4v) is 6.85. The summed E-state index contributed by atoms with van der Waals surface area (Å²) in [7, 11) is 1.77. The van der Waals surface area contributed by atoms with Crippen molar-refractivity contribution in [3.63, 3.8) is 0 Å². The summed E-state index contributed by atoms with van der Waals surface area (Å²) >= 11 is 9.72. The fraction of sp³-hybridized carbons (Fsp3) is 0.185. The number of carbonyl (C=O) groups excluding carboxylic acids is 1. The molecule has 3 heterocycles. The molecule has 1 atom stereocenters. The number of amides is 1. The first kappa shape index (κ1) is 25.4.